The van der Waals surface area contributed by atoms with E-state index in [1.165, 1.54) is 6.21 Å². The van der Waals surface area contributed by atoms with Crippen LogP contribution in [0.3, 0.4) is 0 Å². The second-order valence-electron chi connectivity index (χ2n) is 6.46. The lowest BCUT2D eigenvalue weighted by Crippen LogP contribution is -2.43. The van der Waals surface area contributed by atoms with Gasteiger partial charge in [0.15, 0.2) is 0 Å². The molecular weight excluding hydrogens is 354 g/mol. The van der Waals surface area contributed by atoms with Gasteiger partial charge in [-0.1, -0.05) is 6.07 Å². The summed E-state index contributed by atoms with van der Waals surface area (Å²) in [5.74, 6) is 1.61. The number of hydrogen-bond acceptors (Lipinski definition) is 9. The van der Waals surface area contributed by atoms with Crippen molar-refractivity contribution in [1.29, 1.82) is 5.41 Å². The Morgan fingerprint density at radius 2 is 1.96 bits per heavy atom. The van der Waals surface area contributed by atoms with Crippen LogP contribution in [-0.4, -0.2) is 57.5 Å². The van der Waals surface area contributed by atoms with Gasteiger partial charge in [0.05, 0.1) is 17.6 Å². The minimum absolute atomic E-state index is 0.429. The van der Waals surface area contributed by atoms with Crippen molar-refractivity contribution in [2.75, 3.05) is 36.4 Å². The Morgan fingerprint density at radius 3 is 2.75 bits per heavy atom. The van der Waals surface area contributed by atoms with E-state index in [0.29, 0.717) is 28.6 Å². The van der Waals surface area contributed by atoms with Gasteiger partial charge in [-0.25, -0.2) is 9.97 Å². The minimum atomic E-state index is 0.429. The highest BCUT2D eigenvalue weighted by atomic mass is 15.2. The second-order valence-corrected chi connectivity index (χ2v) is 6.46. The molecular formula is C19H21N9. The molecule has 0 radical (unpaired) electrons. The number of rotatable bonds is 5. The molecule has 1 aliphatic rings. The van der Waals surface area contributed by atoms with Crippen LogP contribution >= 0.6 is 0 Å². The molecule has 0 amide bonds. The summed E-state index contributed by atoms with van der Waals surface area (Å²) in [5.41, 5.74) is 3.10. The van der Waals surface area contributed by atoms with Crippen LogP contribution in [0.5, 0.6) is 0 Å². The maximum absolute atomic E-state index is 7.63. The van der Waals surface area contributed by atoms with Crippen LogP contribution in [0.2, 0.25) is 0 Å². The average Bonchev–Trinajstić information content (AvgIpc) is 2.74. The van der Waals surface area contributed by atoms with E-state index in [2.05, 4.69) is 35.7 Å². The Morgan fingerprint density at radius 1 is 1.11 bits per heavy atom. The van der Waals surface area contributed by atoms with Crippen molar-refractivity contribution in [3.8, 4) is 11.4 Å². The van der Waals surface area contributed by atoms with E-state index in [1.807, 2.05) is 31.2 Å². The van der Waals surface area contributed by atoms with Gasteiger partial charge in [-0.3, -0.25) is 4.98 Å². The highest BCUT2D eigenvalue weighted by molar-refractivity contribution is 5.85. The number of piperazine rings is 1. The molecule has 0 saturated carbocycles. The first-order valence-corrected chi connectivity index (χ1v) is 9.10. The molecule has 4 heterocycles. The van der Waals surface area contributed by atoms with Crippen LogP contribution in [0, 0.1) is 12.3 Å². The highest BCUT2D eigenvalue weighted by Crippen LogP contribution is 2.23. The molecule has 142 valence electrons. The summed E-state index contributed by atoms with van der Waals surface area (Å²) in [6.45, 7) is 5.63. The standard InChI is InChI=1S/C19H21N9/c1-13-11-22-12-17(23-13)15-9-14(16(10-20)27-26-15)24-18-3-2-4-19(25-18)28-7-5-21-6-8-28/h2-4,9-12,20-21H,5-8H2,1H3,(H,24,25,26). The fourth-order valence-corrected chi connectivity index (χ4v) is 3.02. The second kappa shape index (κ2) is 8.05. The van der Waals surface area contributed by atoms with Crippen molar-refractivity contribution >= 4 is 23.5 Å². The fraction of sp³-hybridized carbons (Fsp3) is 0.263. The monoisotopic (exact) mass is 375 g/mol. The van der Waals surface area contributed by atoms with Gasteiger partial charge >= 0.3 is 0 Å². The average molecular weight is 375 g/mol. The van der Waals surface area contributed by atoms with E-state index in [1.54, 1.807) is 12.4 Å². The van der Waals surface area contributed by atoms with Gasteiger partial charge in [0.1, 0.15) is 28.7 Å². The van der Waals surface area contributed by atoms with Crippen molar-refractivity contribution in [3.63, 3.8) is 0 Å². The van der Waals surface area contributed by atoms with E-state index >= 15 is 0 Å². The molecule has 1 saturated heterocycles. The van der Waals surface area contributed by atoms with E-state index in [-0.39, 0.29) is 0 Å². The first-order valence-electron chi connectivity index (χ1n) is 9.10. The third-order valence-corrected chi connectivity index (χ3v) is 4.41. The van der Waals surface area contributed by atoms with Crippen LogP contribution < -0.4 is 15.5 Å². The van der Waals surface area contributed by atoms with Crippen LogP contribution in [0.15, 0.2) is 36.7 Å². The summed E-state index contributed by atoms with van der Waals surface area (Å²) in [5, 5.41) is 22.6. The molecule has 3 aromatic rings. The van der Waals surface area contributed by atoms with E-state index in [9.17, 15) is 0 Å². The largest absolute Gasteiger partial charge is 0.354 e. The lowest BCUT2D eigenvalue weighted by atomic mass is 10.2. The first kappa shape index (κ1) is 17.9. The summed E-state index contributed by atoms with van der Waals surface area (Å²) in [6, 6.07) is 7.69. The predicted octanol–water partition coefficient (Wildman–Crippen LogP) is 1.79. The van der Waals surface area contributed by atoms with Gasteiger partial charge in [-0.2, -0.15) is 0 Å². The fourth-order valence-electron chi connectivity index (χ4n) is 3.02. The molecule has 28 heavy (non-hydrogen) atoms. The smallest absolute Gasteiger partial charge is 0.132 e. The SMILES string of the molecule is Cc1cncc(-c2cc(Nc3cccc(N4CCNCC4)n3)c(C=N)nn2)n1. The number of pyridine rings is 1. The van der Waals surface area contributed by atoms with Gasteiger partial charge in [0.2, 0.25) is 0 Å². The number of hydrogen-bond donors (Lipinski definition) is 3. The van der Waals surface area contributed by atoms with Crippen LogP contribution in [-0.2, 0) is 0 Å². The molecule has 9 heteroatoms. The van der Waals surface area contributed by atoms with Crippen molar-refractivity contribution in [3.05, 3.63) is 48.0 Å². The Hall–Kier alpha value is -3.46. The van der Waals surface area contributed by atoms with Crippen LogP contribution in [0.4, 0.5) is 17.3 Å². The molecule has 0 atom stereocenters. The van der Waals surface area contributed by atoms with E-state index in [4.69, 9.17) is 10.4 Å². The van der Waals surface area contributed by atoms with Crippen molar-refractivity contribution in [2.45, 2.75) is 6.92 Å². The Labute approximate surface area is 162 Å². The van der Waals surface area contributed by atoms with Crippen LogP contribution in [0.1, 0.15) is 11.4 Å². The van der Waals surface area contributed by atoms with Gasteiger partial charge in [0.25, 0.3) is 0 Å². The molecule has 0 unspecified atom stereocenters. The maximum atomic E-state index is 7.63. The number of anilines is 3. The Bertz CT molecular complexity index is 983. The van der Waals surface area contributed by atoms with Crippen molar-refractivity contribution in [1.82, 2.24) is 30.5 Å². The zero-order valence-corrected chi connectivity index (χ0v) is 15.6. The van der Waals surface area contributed by atoms with Gasteiger partial charge in [0, 0.05) is 38.6 Å². The number of nitrogens with one attached hydrogen (secondary N) is 3. The van der Waals surface area contributed by atoms with Crippen LogP contribution in [0.25, 0.3) is 11.4 Å². The molecule has 0 aromatic carbocycles. The molecule has 0 aliphatic carbocycles. The predicted molar refractivity (Wildman–Crippen MR) is 108 cm³/mol. The maximum Gasteiger partial charge on any atom is 0.132 e. The third-order valence-electron chi connectivity index (χ3n) is 4.41. The summed E-state index contributed by atoms with van der Waals surface area (Å²) >= 11 is 0. The molecule has 4 rings (SSSR count). The first-order chi connectivity index (χ1) is 13.7. The van der Waals surface area contributed by atoms with Crippen molar-refractivity contribution < 1.29 is 0 Å². The van der Waals surface area contributed by atoms with Crippen molar-refractivity contribution in [2.24, 2.45) is 0 Å². The molecule has 3 N–H and O–H groups in total. The van der Waals surface area contributed by atoms with E-state index < -0.39 is 0 Å². The summed E-state index contributed by atoms with van der Waals surface area (Å²) in [4.78, 5) is 15.6. The number of nitrogens with zero attached hydrogens (tertiary/aromatic N) is 6. The molecule has 3 aromatic heterocycles. The summed E-state index contributed by atoms with van der Waals surface area (Å²) in [7, 11) is 0. The topological polar surface area (TPSA) is 116 Å². The zero-order chi connectivity index (χ0) is 19.3. The van der Waals surface area contributed by atoms with E-state index in [0.717, 1.165) is 37.7 Å². The highest BCUT2D eigenvalue weighted by Gasteiger charge is 2.13. The Balaban J connectivity index is 1.63. The lowest BCUT2D eigenvalue weighted by Gasteiger charge is -2.28. The molecule has 0 spiro atoms. The Kier molecular flexibility index (Phi) is 5.16. The quantitative estimate of drug-likeness (QED) is 0.578. The molecule has 9 nitrogen and oxygen atoms in total. The minimum Gasteiger partial charge on any atom is -0.354 e. The third kappa shape index (κ3) is 3.94. The van der Waals surface area contributed by atoms with Gasteiger partial charge in [-0.05, 0) is 25.1 Å². The summed E-state index contributed by atoms with van der Waals surface area (Å²) < 4.78 is 0. The number of aryl methyl sites for hydroxylation is 1. The molecule has 1 fully saturated rings. The normalized spacial score (nSPS) is 14.0. The van der Waals surface area contributed by atoms with Gasteiger partial charge in [-0.15, -0.1) is 10.2 Å². The molecule has 1 aliphatic heterocycles. The zero-order valence-electron chi connectivity index (χ0n) is 15.6. The lowest BCUT2D eigenvalue weighted by molar-refractivity contribution is 0.585. The molecule has 0 bridgehead atoms. The summed E-state index contributed by atoms with van der Waals surface area (Å²) in [6.07, 6.45) is 4.50. The number of aromatic nitrogens is 5. The van der Waals surface area contributed by atoms with Gasteiger partial charge < -0.3 is 20.9 Å².